The number of nitrogens with one attached hydrogen (secondary N) is 1. The lowest BCUT2D eigenvalue weighted by molar-refractivity contribution is -0.113. The number of para-hydroxylation sites is 1. The minimum absolute atomic E-state index is 0.159. The Labute approximate surface area is 180 Å². The quantitative estimate of drug-likeness (QED) is 0.461. The molecule has 4 rings (SSSR count). The molecule has 0 saturated heterocycles. The Morgan fingerprint density at radius 3 is 2.76 bits per heavy atom. The van der Waals surface area contributed by atoms with E-state index in [0.717, 1.165) is 20.2 Å². The molecular formula is C20H17ClN4O2S2. The number of anilines is 1. The summed E-state index contributed by atoms with van der Waals surface area (Å²) < 4.78 is 5.07. The highest BCUT2D eigenvalue weighted by molar-refractivity contribution is 8.01. The Morgan fingerprint density at radius 1 is 1.24 bits per heavy atom. The van der Waals surface area contributed by atoms with Gasteiger partial charge in [0, 0.05) is 12.1 Å². The van der Waals surface area contributed by atoms with Gasteiger partial charge in [0.2, 0.25) is 5.91 Å². The molecule has 0 radical (unpaired) electrons. The zero-order valence-corrected chi connectivity index (χ0v) is 18.1. The molecule has 2 heterocycles. The van der Waals surface area contributed by atoms with Gasteiger partial charge in [-0.1, -0.05) is 41.6 Å². The van der Waals surface area contributed by atoms with Gasteiger partial charge in [0.1, 0.15) is 5.69 Å². The number of rotatable bonds is 5. The second-order valence-electron chi connectivity index (χ2n) is 6.37. The van der Waals surface area contributed by atoms with Crippen LogP contribution in [0.15, 0.2) is 57.7 Å². The third-order valence-electron chi connectivity index (χ3n) is 4.48. The van der Waals surface area contributed by atoms with Gasteiger partial charge >= 0.3 is 0 Å². The van der Waals surface area contributed by atoms with Crippen LogP contribution < -0.4 is 10.9 Å². The van der Waals surface area contributed by atoms with Crippen LogP contribution in [0.5, 0.6) is 0 Å². The molecule has 1 amide bonds. The summed E-state index contributed by atoms with van der Waals surface area (Å²) in [5, 5.41) is 3.40. The molecule has 0 unspecified atom stereocenters. The van der Waals surface area contributed by atoms with Gasteiger partial charge in [0.25, 0.3) is 5.56 Å². The number of carbonyl (C=O) groups excluding carboxylic acids is 1. The van der Waals surface area contributed by atoms with E-state index in [1.807, 2.05) is 42.5 Å². The first kappa shape index (κ1) is 19.8. The Balaban J connectivity index is 1.50. The van der Waals surface area contributed by atoms with Crippen molar-refractivity contribution in [1.29, 1.82) is 0 Å². The van der Waals surface area contributed by atoms with Crippen LogP contribution in [0.2, 0.25) is 5.02 Å². The monoisotopic (exact) mass is 444 g/mol. The minimum Gasteiger partial charge on any atom is -0.319 e. The van der Waals surface area contributed by atoms with E-state index in [9.17, 15) is 9.59 Å². The summed E-state index contributed by atoms with van der Waals surface area (Å²) in [6, 6.07) is 14.9. The molecule has 0 aliphatic heterocycles. The first-order chi connectivity index (χ1) is 13.9. The van der Waals surface area contributed by atoms with Gasteiger partial charge < -0.3 is 5.32 Å². The Bertz CT molecular complexity index is 1260. The van der Waals surface area contributed by atoms with Crippen LogP contribution >= 0.6 is 34.7 Å². The predicted octanol–water partition coefficient (Wildman–Crippen LogP) is 4.48. The Kier molecular flexibility index (Phi) is 5.49. The third-order valence-corrected chi connectivity index (χ3v) is 6.89. The number of aromatic nitrogens is 3. The Hall–Kier alpha value is -2.55. The van der Waals surface area contributed by atoms with Crippen LogP contribution in [0.1, 0.15) is 5.69 Å². The number of halogens is 1. The van der Waals surface area contributed by atoms with Crippen LogP contribution in [0.3, 0.4) is 0 Å². The molecule has 29 heavy (non-hydrogen) atoms. The largest absolute Gasteiger partial charge is 0.319 e. The summed E-state index contributed by atoms with van der Waals surface area (Å²) in [7, 11) is 1.79. The lowest BCUT2D eigenvalue weighted by Crippen LogP contribution is -2.23. The number of thioether (sulfide) groups is 1. The van der Waals surface area contributed by atoms with Crippen LogP contribution in [-0.2, 0) is 11.8 Å². The van der Waals surface area contributed by atoms with Crippen LogP contribution in [0, 0.1) is 6.92 Å². The summed E-state index contributed by atoms with van der Waals surface area (Å²) in [5.41, 5.74) is 2.27. The Morgan fingerprint density at radius 2 is 2.00 bits per heavy atom. The lowest BCUT2D eigenvalue weighted by atomic mass is 10.3. The van der Waals surface area contributed by atoms with E-state index in [1.165, 1.54) is 27.8 Å². The number of carbonyl (C=O) groups is 1. The van der Waals surface area contributed by atoms with Gasteiger partial charge in [-0.15, -0.1) is 11.3 Å². The van der Waals surface area contributed by atoms with Gasteiger partial charge in [-0.2, -0.15) is 0 Å². The van der Waals surface area contributed by atoms with E-state index in [-0.39, 0.29) is 22.9 Å². The molecule has 148 valence electrons. The number of nitrogens with zero attached hydrogens (tertiary/aromatic N) is 3. The number of thiazole rings is 1. The van der Waals surface area contributed by atoms with E-state index in [2.05, 4.69) is 10.3 Å². The maximum absolute atomic E-state index is 12.9. The summed E-state index contributed by atoms with van der Waals surface area (Å²) in [6.07, 6.45) is 0. The summed E-state index contributed by atoms with van der Waals surface area (Å²) in [6.45, 7) is 1.81. The average Bonchev–Trinajstić information content (AvgIpc) is 3.20. The molecule has 0 fully saturated rings. The molecule has 2 aromatic heterocycles. The smallest absolute Gasteiger partial charge is 0.295 e. The van der Waals surface area contributed by atoms with E-state index in [0.29, 0.717) is 10.7 Å². The molecule has 0 spiro atoms. The molecule has 0 aliphatic rings. The number of amides is 1. The molecule has 2 aromatic carbocycles. The maximum Gasteiger partial charge on any atom is 0.295 e. The lowest BCUT2D eigenvalue weighted by Gasteiger charge is -2.07. The summed E-state index contributed by atoms with van der Waals surface area (Å²) >= 11 is 8.84. The SMILES string of the molecule is Cc1c(NC(=O)CSc2nc3cc(Cl)ccc3s2)c(=O)n(-c2ccccc2)n1C. The summed E-state index contributed by atoms with van der Waals surface area (Å²) in [4.78, 5) is 29.8. The highest BCUT2D eigenvalue weighted by atomic mass is 35.5. The fourth-order valence-corrected chi connectivity index (χ4v) is 4.97. The van der Waals surface area contributed by atoms with E-state index >= 15 is 0 Å². The van der Waals surface area contributed by atoms with Gasteiger partial charge in [-0.05, 0) is 37.3 Å². The molecule has 0 bridgehead atoms. The van der Waals surface area contributed by atoms with Crippen molar-refractivity contribution >= 4 is 56.5 Å². The van der Waals surface area contributed by atoms with Gasteiger partial charge in [-0.25, -0.2) is 9.67 Å². The highest BCUT2D eigenvalue weighted by Gasteiger charge is 2.18. The molecule has 9 heteroatoms. The zero-order chi connectivity index (χ0) is 20.5. The highest BCUT2D eigenvalue weighted by Crippen LogP contribution is 2.31. The molecule has 6 nitrogen and oxygen atoms in total. The fourth-order valence-electron chi connectivity index (χ4n) is 2.96. The van der Waals surface area contributed by atoms with Crippen molar-refractivity contribution in [2.45, 2.75) is 11.3 Å². The standard InChI is InChI=1S/C20H17ClN4O2S2/c1-12-18(19(27)25(24(12)2)14-6-4-3-5-7-14)23-17(26)11-28-20-22-15-10-13(21)8-9-16(15)29-20/h3-10H,11H2,1-2H3,(H,23,26). The first-order valence-electron chi connectivity index (χ1n) is 8.77. The van der Waals surface area contributed by atoms with Crippen molar-refractivity contribution in [2.24, 2.45) is 7.05 Å². The first-order valence-corrected chi connectivity index (χ1v) is 10.9. The third kappa shape index (κ3) is 3.96. The van der Waals surface area contributed by atoms with Crippen molar-refractivity contribution in [2.75, 3.05) is 11.1 Å². The molecule has 0 aliphatic carbocycles. The second kappa shape index (κ2) is 8.06. The van der Waals surface area contributed by atoms with E-state index < -0.39 is 0 Å². The van der Waals surface area contributed by atoms with Crippen molar-refractivity contribution < 1.29 is 4.79 Å². The summed E-state index contributed by atoms with van der Waals surface area (Å²) in [5.74, 6) is -0.0922. The number of hydrogen-bond donors (Lipinski definition) is 1. The van der Waals surface area contributed by atoms with Crippen molar-refractivity contribution in [1.82, 2.24) is 14.3 Å². The molecular weight excluding hydrogens is 428 g/mol. The second-order valence-corrected chi connectivity index (χ2v) is 9.05. The molecule has 4 aromatic rings. The zero-order valence-electron chi connectivity index (χ0n) is 15.7. The van der Waals surface area contributed by atoms with E-state index in [4.69, 9.17) is 11.6 Å². The van der Waals surface area contributed by atoms with Crippen molar-refractivity contribution in [3.8, 4) is 5.69 Å². The topological polar surface area (TPSA) is 68.9 Å². The van der Waals surface area contributed by atoms with Crippen molar-refractivity contribution in [3.05, 3.63) is 69.6 Å². The van der Waals surface area contributed by atoms with Gasteiger partial charge in [0.15, 0.2) is 4.34 Å². The molecule has 1 N–H and O–H groups in total. The van der Waals surface area contributed by atoms with Gasteiger partial charge in [0.05, 0.1) is 27.4 Å². The van der Waals surface area contributed by atoms with Crippen LogP contribution in [0.4, 0.5) is 5.69 Å². The van der Waals surface area contributed by atoms with Gasteiger partial charge in [-0.3, -0.25) is 14.3 Å². The number of hydrogen-bond acceptors (Lipinski definition) is 5. The van der Waals surface area contributed by atoms with Crippen LogP contribution in [-0.4, -0.2) is 26.0 Å². The number of benzene rings is 2. The molecule has 0 atom stereocenters. The molecule has 0 saturated carbocycles. The number of fused-ring (bicyclic) bond motifs is 1. The minimum atomic E-state index is -0.260. The predicted molar refractivity (Wildman–Crippen MR) is 120 cm³/mol. The van der Waals surface area contributed by atoms with Crippen molar-refractivity contribution in [3.63, 3.8) is 0 Å². The normalized spacial score (nSPS) is 11.1. The average molecular weight is 445 g/mol. The fraction of sp³-hybridized carbons (Fsp3) is 0.150. The van der Waals surface area contributed by atoms with Crippen LogP contribution in [0.25, 0.3) is 15.9 Å². The van der Waals surface area contributed by atoms with E-state index in [1.54, 1.807) is 24.7 Å². The maximum atomic E-state index is 12.9.